The van der Waals surface area contributed by atoms with Crippen LogP contribution in [0.3, 0.4) is 0 Å². The first-order valence-corrected chi connectivity index (χ1v) is 5.80. The maximum atomic E-state index is 4.25. The van der Waals surface area contributed by atoms with Crippen molar-refractivity contribution in [2.45, 2.75) is 6.92 Å². The average molecular weight is 245 g/mol. The molecule has 0 spiro atoms. The van der Waals surface area contributed by atoms with E-state index >= 15 is 0 Å². The summed E-state index contributed by atoms with van der Waals surface area (Å²) >= 11 is 0. The van der Waals surface area contributed by atoms with Gasteiger partial charge in [-0.05, 0) is 17.4 Å². The molecule has 8 nitrogen and oxygen atoms in total. The fraction of sp³-hybridized carbons (Fsp3) is 0.500. The maximum Gasteiger partial charge on any atom is 0.200 e. The van der Waals surface area contributed by atoms with Crippen LogP contribution in [-0.2, 0) is 0 Å². The minimum Gasteiger partial charge on any atom is -0.354 e. The molecule has 2 aromatic rings. The number of anilines is 1. The number of aromatic amines is 1. The first-order valence-electron chi connectivity index (χ1n) is 5.80. The zero-order chi connectivity index (χ0) is 12.4. The Labute approximate surface area is 104 Å². The van der Waals surface area contributed by atoms with Gasteiger partial charge in [0.25, 0.3) is 0 Å². The maximum absolute atomic E-state index is 4.25. The lowest BCUT2D eigenvalue weighted by Crippen LogP contribution is -2.44. The van der Waals surface area contributed by atoms with Crippen LogP contribution in [-0.4, -0.2) is 56.8 Å². The predicted octanol–water partition coefficient (Wildman–Crippen LogP) is -0.825. The molecule has 0 unspecified atom stereocenters. The van der Waals surface area contributed by atoms with Gasteiger partial charge in [-0.3, -0.25) is 0 Å². The van der Waals surface area contributed by atoms with E-state index in [4.69, 9.17) is 0 Å². The van der Waals surface area contributed by atoms with Gasteiger partial charge in [-0.1, -0.05) is 0 Å². The Bertz CT molecular complexity index is 517. The molecule has 0 bridgehead atoms. The summed E-state index contributed by atoms with van der Waals surface area (Å²) in [6.45, 7) is 5.76. The smallest absolute Gasteiger partial charge is 0.200 e. The highest BCUT2D eigenvalue weighted by Crippen LogP contribution is 2.23. The Morgan fingerprint density at radius 1 is 1.22 bits per heavy atom. The van der Waals surface area contributed by atoms with E-state index in [1.165, 1.54) is 0 Å². The molecule has 0 saturated carbocycles. The van der Waals surface area contributed by atoms with E-state index < -0.39 is 0 Å². The SMILES string of the molecule is Cc1c(-c2nnn[nH]2)n[c]nc1N1CCNCC1. The molecule has 2 N–H and O–H groups in total. The van der Waals surface area contributed by atoms with E-state index in [0.717, 1.165) is 37.6 Å². The number of tetrazole rings is 1. The van der Waals surface area contributed by atoms with Crippen LogP contribution in [0.4, 0.5) is 5.82 Å². The molecule has 0 atom stereocenters. The van der Waals surface area contributed by atoms with Crippen LogP contribution in [0.2, 0.25) is 0 Å². The lowest BCUT2D eigenvalue weighted by molar-refractivity contribution is 0.583. The topological polar surface area (TPSA) is 95.5 Å². The van der Waals surface area contributed by atoms with Gasteiger partial charge < -0.3 is 10.2 Å². The van der Waals surface area contributed by atoms with Gasteiger partial charge in [-0.2, -0.15) is 0 Å². The van der Waals surface area contributed by atoms with Gasteiger partial charge in [0, 0.05) is 31.7 Å². The second-order valence-electron chi connectivity index (χ2n) is 4.11. The molecule has 93 valence electrons. The summed E-state index contributed by atoms with van der Waals surface area (Å²) in [5, 5.41) is 17.0. The monoisotopic (exact) mass is 245 g/mol. The highest BCUT2D eigenvalue weighted by atomic mass is 15.5. The van der Waals surface area contributed by atoms with Crippen LogP contribution in [0.5, 0.6) is 0 Å². The molecule has 18 heavy (non-hydrogen) atoms. The van der Waals surface area contributed by atoms with Gasteiger partial charge >= 0.3 is 0 Å². The summed E-state index contributed by atoms with van der Waals surface area (Å²) in [5.41, 5.74) is 1.66. The zero-order valence-electron chi connectivity index (χ0n) is 10.0. The number of hydrogen-bond donors (Lipinski definition) is 2. The van der Waals surface area contributed by atoms with Crippen molar-refractivity contribution in [3.63, 3.8) is 0 Å². The van der Waals surface area contributed by atoms with Gasteiger partial charge in [0.1, 0.15) is 11.5 Å². The fourth-order valence-electron chi connectivity index (χ4n) is 2.07. The molecule has 1 aliphatic heterocycles. The Morgan fingerprint density at radius 3 is 2.78 bits per heavy atom. The fourth-order valence-corrected chi connectivity index (χ4v) is 2.07. The minimum absolute atomic E-state index is 0.544. The normalized spacial score (nSPS) is 15.9. The molecular weight excluding hydrogens is 232 g/mol. The largest absolute Gasteiger partial charge is 0.354 e. The van der Waals surface area contributed by atoms with Gasteiger partial charge in [0.05, 0.1) is 0 Å². The van der Waals surface area contributed by atoms with Crippen molar-refractivity contribution in [3.05, 3.63) is 11.9 Å². The predicted molar refractivity (Wildman–Crippen MR) is 63.9 cm³/mol. The summed E-state index contributed by atoms with van der Waals surface area (Å²) in [7, 11) is 0. The molecule has 2 aromatic heterocycles. The van der Waals surface area contributed by atoms with Crippen molar-refractivity contribution in [1.29, 1.82) is 0 Å². The van der Waals surface area contributed by atoms with Crippen LogP contribution in [0, 0.1) is 13.3 Å². The second-order valence-corrected chi connectivity index (χ2v) is 4.11. The van der Waals surface area contributed by atoms with Crippen LogP contribution in [0.15, 0.2) is 0 Å². The first kappa shape index (κ1) is 11.0. The van der Waals surface area contributed by atoms with Crippen LogP contribution >= 0.6 is 0 Å². The third kappa shape index (κ3) is 1.90. The van der Waals surface area contributed by atoms with Crippen molar-refractivity contribution >= 4 is 5.82 Å². The molecule has 1 aliphatic rings. The number of piperazine rings is 1. The van der Waals surface area contributed by atoms with E-state index in [0.29, 0.717) is 11.5 Å². The number of nitrogens with zero attached hydrogens (tertiary/aromatic N) is 6. The lowest BCUT2D eigenvalue weighted by atomic mass is 10.2. The molecule has 0 aromatic carbocycles. The highest BCUT2D eigenvalue weighted by molar-refractivity contribution is 5.62. The first-order chi connectivity index (χ1) is 8.86. The number of rotatable bonds is 2. The quantitative estimate of drug-likeness (QED) is 0.713. The average Bonchev–Trinajstić information content (AvgIpc) is 2.94. The molecular formula is C10H13N8. The standard InChI is InChI=1S/C10H13N8/c1-7-8(9-14-16-17-15-9)12-6-13-10(7)18-4-2-11-3-5-18/h11H,2-5H2,1H3,(H,14,15,16,17). The van der Waals surface area contributed by atoms with Crippen LogP contribution < -0.4 is 10.2 Å². The Balaban J connectivity index is 1.98. The molecule has 0 aliphatic carbocycles. The number of aromatic nitrogens is 6. The van der Waals surface area contributed by atoms with E-state index in [1.807, 2.05) is 6.92 Å². The summed E-state index contributed by atoms with van der Waals surface area (Å²) in [5.74, 6) is 1.44. The molecule has 3 heterocycles. The number of H-pyrrole nitrogens is 1. The van der Waals surface area contributed by atoms with E-state index in [1.54, 1.807) is 0 Å². The van der Waals surface area contributed by atoms with Gasteiger partial charge in [-0.15, -0.1) is 5.10 Å². The highest BCUT2D eigenvalue weighted by Gasteiger charge is 2.18. The third-order valence-electron chi connectivity index (χ3n) is 2.99. The second kappa shape index (κ2) is 4.65. The number of nitrogens with one attached hydrogen (secondary N) is 2. The zero-order valence-corrected chi connectivity index (χ0v) is 10.0. The van der Waals surface area contributed by atoms with Crippen molar-refractivity contribution in [3.8, 4) is 11.5 Å². The molecule has 1 saturated heterocycles. The minimum atomic E-state index is 0.544. The molecule has 8 heteroatoms. The Hall–Kier alpha value is -2.09. The van der Waals surface area contributed by atoms with Crippen molar-refractivity contribution in [2.24, 2.45) is 0 Å². The molecule has 3 rings (SSSR count). The summed E-state index contributed by atoms with van der Waals surface area (Å²) in [4.78, 5) is 10.6. The van der Waals surface area contributed by atoms with Crippen molar-refractivity contribution in [2.75, 3.05) is 31.1 Å². The summed E-state index contributed by atoms with van der Waals surface area (Å²) < 4.78 is 0. The van der Waals surface area contributed by atoms with Crippen molar-refractivity contribution in [1.82, 2.24) is 35.9 Å². The summed E-state index contributed by atoms with van der Waals surface area (Å²) in [6.07, 6.45) is 2.68. The van der Waals surface area contributed by atoms with Crippen LogP contribution in [0.25, 0.3) is 11.5 Å². The number of hydrogen-bond acceptors (Lipinski definition) is 7. The van der Waals surface area contributed by atoms with E-state index in [-0.39, 0.29) is 0 Å². The summed E-state index contributed by atoms with van der Waals surface area (Å²) in [6, 6.07) is 0. The van der Waals surface area contributed by atoms with Gasteiger partial charge in [-0.25, -0.2) is 15.1 Å². The Morgan fingerprint density at radius 2 is 2.06 bits per heavy atom. The van der Waals surface area contributed by atoms with E-state index in [9.17, 15) is 0 Å². The van der Waals surface area contributed by atoms with Gasteiger partial charge in [0.2, 0.25) is 6.33 Å². The van der Waals surface area contributed by atoms with Crippen molar-refractivity contribution < 1.29 is 0 Å². The molecule has 1 fully saturated rings. The van der Waals surface area contributed by atoms with Crippen LogP contribution in [0.1, 0.15) is 5.56 Å². The Kier molecular flexibility index (Phi) is 2.85. The van der Waals surface area contributed by atoms with Gasteiger partial charge in [0.15, 0.2) is 5.82 Å². The third-order valence-corrected chi connectivity index (χ3v) is 2.99. The molecule has 0 amide bonds. The van der Waals surface area contributed by atoms with E-state index in [2.05, 4.69) is 47.1 Å². The molecule has 1 radical (unpaired) electrons. The lowest BCUT2D eigenvalue weighted by Gasteiger charge is -2.29.